The van der Waals surface area contributed by atoms with Gasteiger partial charge in [0.25, 0.3) is 5.91 Å². The van der Waals surface area contributed by atoms with Gasteiger partial charge in [-0.15, -0.1) is 0 Å². The molecule has 140 valence electrons. The zero-order valence-electron chi connectivity index (χ0n) is 15.4. The number of hydrogen-bond acceptors (Lipinski definition) is 6. The van der Waals surface area contributed by atoms with Gasteiger partial charge in [-0.25, -0.2) is 0 Å². The molecule has 0 saturated carbocycles. The SMILES string of the molecule is COc1ccc(C(=O)N2CCOC[C@H](CN(C)C)C2)c(OCCN)c1. The quantitative estimate of drug-likeness (QED) is 0.779. The number of benzene rings is 1. The largest absolute Gasteiger partial charge is 0.497 e. The van der Waals surface area contributed by atoms with E-state index in [-0.39, 0.29) is 11.8 Å². The number of hydrogen-bond donors (Lipinski definition) is 1. The van der Waals surface area contributed by atoms with Crippen LogP contribution in [0.25, 0.3) is 0 Å². The summed E-state index contributed by atoms with van der Waals surface area (Å²) in [6.07, 6.45) is 0. The van der Waals surface area contributed by atoms with Crippen LogP contribution in [0.5, 0.6) is 11.5 Å². The van der Waals surface area contributed by atoms with Crippen molar-refractivity contribution < 1.29 is 19.0 Å². The van der Waals surface area contributed by atoms with Gasteiger partial charge in [0, 0.05) is 38.2 Å². The van der Waals surface area contributed by atoms with Crippen LogP contribution in [0.1, 0.15) is 10.4 Å². The molecule has 1 saturated heterocycles. The van der Waals surface area contributed by atoms with Crippen molar-refractivity contribution in [3.63, 3.8) is 0 Å². The molecule has 1 fully saturated rings. The Bertz CT molecular complexity index is 565. The first-order valence-corrected chi connectivity index (χ1v) is 8.57. The minimum atomic E-state index is -0.0519. The van der Waals surface area contributed by atoms with Crippen LogP contribution in [0.3, 0.4) is 0 Å². The van der Waals surface area contributed by atoms with Crippen LogP contribution >= 0.6 is 0 Å². The third-order valence-corrected chi connectivity index (χ3v) is 4.04. The summed E-state index contributed by atoms with van der Waals surface area (Å²) in [7, 11) is 5.64. The van der Waals surface area contributed by atoms with Gasteiger partial charge in [0.15, 0.2) is 0 Å². The lowest BCUT2D eigenvalue weighted by molar-refractivity contribution is 0.0730. The number of rotatable bonds is 7. The maximum atomic E-state index is 13.1. The van der Waals surface area contributed by atoms with Gasteiger partial charge in [-0.2, -0.15) is 0 Å². The topological polar surface area (TPSA) is 77.3 Å². The molecule has 0 unspecified atom stereocenters. The van der Waals surface area contributed by atoms with E-state index in [1.807, 2.05) is 19.0 Å². The Morgan fingerprint density at radius 3 is 2.92 bits per heavy atom. The molecule has 2 rings (SSSR count). The number of nitrogens with two attached hydrogens (primary N) is 1. The fourth-order valence-electron chi connectivity index (χ4n) is 2.96. The van der Waals surface area contributed by atoms with Crippen LogP contribution < -0.4 is 15.2 Å². The monoisotopic (exact) mass is 351 g/mol. The summed E-state index contributed by atoms with van der Waals surface area (Å²) in [5.41, 5.74) is 6.06. The van der Waals surface area contributed by atoms with Crippen molar-refractivity contribution in [2.75, 3.05) is 67.2 Å². The van der Waals surface area contributed by atoms with Gasteiger partial charge in [0.2, 0.25) is 0 Å². The molecule has 1 aliphatic rings. The van der Waals surface area contributed by atoms with Crippen LogP contribution in [0, 0.1) is 5.92 Å². The predicted molar refractivity (Wildman–Crippen MR) is 96.3 cm³/mol. The fraction of sp³-hybridized carbons (Fsp3) is 0.611. The van der Waals surface area contributed by atoms with Crippen molar-refractivity contribution in [1.29, 1.82) is 0 Å². The molecule has 25 heavy (non-hydrogen) atoms. The summed E-state index contributed by atoms with van der Waals surface area (Å²) in [5.74, 6) is 1.38. The van der Waals surface area contributed by atoms with Crippen LogP contribution in [-0.2, 0) is 4.74 Å². The zero-order chi connectivity index (χ0) is 18.2. The van der Waals surface area contributed by atoms with Crippen LogP contribution in [0.2, 0.25) is 0 Å². The first-order chi connectivity index (χ1) is 12.0. The molecular weight excluding hydrogens is 322 g/mol. The lowest BCUT2D eigenvalue weighted by Crippen LogP contribution is -2.38. The summed E-state index contributed by atoms with van der Waals surface area (Å²) in [4.78, 5) is 17.0. The second-order valence-electron chi connectivity index (χ2n) is 6.45. The van der Waals surface area contributed by atoms with Crippen molar-refractivity contribution >= 4 is 5.91 Å². The van der Waals surface area contributed by atoms with Crippen LogP contribution in [0.15, 0.2) is 18.2 Å². The van der Waals surface area contributed by atoms with Gasteiger partial charge in [0.05, 0.1) is 25.9 Å². The molecule has 0 bridgehead atoms. The molecule has 7 nitrogen and oxygen atoms in total. The maximum Gasteiger partial charge on any atom is 0.257 e. The van der Waals surface area contributed by atoms with Crippen LogP contribution in [-0.4, -0.2) is 82.9 Å². The van der Waals surface area contributed by atoms with Crippen molar-refractivity contribution in [3.8, 4) is 11.5 Å². The molecule has 0 aliphatic carbocycles. The second kappa shape index (κ2) is 9.60. The Morgan fingerprint density at radius 1 is 1.44 bits per heavy atom. The minimum Gasteiger partial charge on any atom is -0.497 e. The van der Waals surface area contributed by atoms with Crippen LogP contribution in [0.4, 0.5) is 0 Å². The van der Waals surface area contributed by atoms with Crippen molar-refractivity contribution in [1.82, 2.24) is 9.80 Å². The summed E-state index contributed by atoms with van der Waals surface area (Å²) in [6.45, 7) is 4.06. The Labute approximate surface area is 149 Å². The number of carbonyl (C=O) groups excluding carboxylic acids is 1. The van der Waals surface area contributed by atoms with E-state index in [9.17, 15) is 4.79 Å². The molecular formula is C18H29N3O4. The lowest BCUT2D eigenvalue weighted by Gasteiger charge is -2.26. The summed E-state index contributed by atoms with van der Waals surface area (Å²) >= 11 is 0. The summed E-state index contributed by atoms with van der Waals surface area (Å²) in [5, 5.41) is 0. The minimum absolute atomic E-state index is 0.0519. The van der Waals surface area contributed by atoms with E-state index >= 15 is 0 Å². The first-order valence-electron chi connectivity index (χ1n) is 8.57. The Hall–Kier alpha value is -1.83. The predicted octanol–water partition coefficient (Wildman–Crippen LogP) is 0.683. The number of amides is 1. The highest BCUT2D eigenvalue weighted by Crippen LogP contribution is 2.26. The van der Waals surface area contributed by atoms with E-state index in [1.165, 1.54) is 0 Å². The van der Waals surface area contributed by atoms with Gasteiger partial charge >= 0.3 is 0 Å². The van der Waals surface area contributed by atoms with Crippen molar-refractivity contribution in [2.45, 2.75) is 0 Å². The first kappa shape index (κ1) is 19.5. The Morgan fingerprint density at radius 2 is 2.24 bits per heavy atom. The average molecular weight is 351 g/mol. The number of ether oxygens (including phenoxy) is 3. The molecule has 7 heteroatoms. The van der Waals surface area contributed by atoms with Gasteiger partial charge in [-0.05, 0) is 26.2 Å². The third kappa shape index (κ3) is 5.59. The molecule has 1 aromatic rings. The summed E-state index contributed by atoms with van der Waals surface area (Å²) < 4.78 is 16.6. The molecule has 1 amide bonds. The van der Waals surface area contributed by atoms with Gasteiger partial charge in [-0.1, -0.05) is 0 Å². The standard InChI is InChI=1S/C18H29N3O4/c1-20(2)11-14-12-21(7-9-24-13-14)18(22)16-5-4-15(23-3)10-17(16)25-8-6-19/h4-5,10,14H,6-9,11-13,19H2,1-3H3/t14-/m1/s1. The zero-order valence-corrected chi connectivity index (χ0v) is 15.4. The third-order valence-electron chi connectivity index (χ3n) is 4.04. The lowest BCUT2D eigenvalue weighted by atomic mass is 10.1. The Balaban J connectivity index is 2.19. The Kier molecular flexibility index (Phi) is 7.49. The van der Waals surface area contributed by atoms with E-state index in [2.05, 4.69) is 4.90 Å². The number of carbonyl (C=O) groups is 1. The highest BCUT2D eigenvalue weighted by atomic mass is 16.5. The van der Waals surface area contributed by atoms with E-state index < -0.39 is 0 Å². The second-order valence-corrected chi connectivity index (χ2v) is 6.45. The van der Waals surface area contributed by atoms with Gasteiger partial charge in [0.1, 0.15) is 18.1 Å². The molecule has 0 aromatic heterocycles. The van der Waals surface area contributed by atoms with E-state index in [4.69, 9.17) is 19.9 Å². The average Bonchev–Trinajstić information content (AvgIpc) is 2.84. The molecule has 1 heterocycles. The molecule has 2 N–H and O–H groups in total. The molecule has 0 radical (unpaired) electrons. The van der Waals surface area contributed by atoms with E-state index in [0.29, 0.717) is 56.5 Å². The number of nitrogens with zero attached hydrogens (tertiary/aromatic N) is 2. The van der Waals surface area contributed by atoms with Crippen molar-refractivity contribution in [2.24, 2.45) is 11.7 Å². The smallest absolute Gasteiger partial charge is 0.257 e. The maximum absolute atomic E-state index is 13.1. The number of methoxy groups -OCH3 is 1. The summed E-state index contributed by atoms with van der Waals surface area (Å²) in [6, 6.07) is 5.25. The molecule has 1 aromatic carbocycles. The fourth-order valence-corrected chi connectivity index (χ4v) is 2.96. The van der Waals surface area contributed by atoms with Gasteiger partial charge < -0.3 is 29.7 Å². The van der Waals surface area contributed by atoms with Crippen molar-refractivity contribution in [3.05, 3.63) is 23.8 Å². The normalized spacial score (nSPS) is 18.1. The van der Waals surface area contributed by atoms with E-state index in [1.54, 1.807) is 25.3 Å². The van der Waals surface area contributed by atoms with Gasteiger partial charge in [-0.3, -0.25) is 4.79 Å². The highest BCUT2D eigenvalue weighted by molar-refractivity contribution is 5.97. The molecule has 1 atom stereocenters. The molecule has 0 spiro atoms. The highest BCUT2D eigenvalue weighted by Gasteiger charge is 2.26. The molecule has 1 aliphatic heterocycles. The van der Waals surface area contributed by atoms with E-state index in [0.717, 1.165) is 6.54 Å².